The highest BCUT2D eigenvalue weighted by Crippen LogP contribution is 2.27. The molecule has 6 nitrogen and oxygen atoms in total. The van der Waals surface area contributed by atoms with Crippen LogP contribution in [-0.2, 0) is 11.2 Å². The van der Waals surface area contributed by atoms with E-state index in [1.807, 2.05) is 25.2 Å². The number of aliphatic hydroxyl groups is 1. The minimum atomic E-state index is -0.831. The number of rotatable bonds is 7. The molecule has 1 unspecified atom stereocenters. The number of nitrogens with zero attached hydrogens (tertiary/aromatic N) is 1. The minimum absolute atomic E-state index is 0. The third-order valence-corrected chi connectivity index (χ3v) is 4.04. The topological polar surface area (TPSA) is 63.2 Å². The van der Waals surface area contributed by atoms with Crippen molar-refractivity contribution in [1.82, 2.24) is 10.2 Å². The van der Waals surface area contributed by atoms with E-state index in [1.54, 1.807) is 14.2 Å². The van der Waals surface area contributed by atoms with Crippen molar-refractivity contribution in [3.63, 3.8) is 0 Å². The molecule has 146 valence electrons. The molecule has 1 heterocycles. The first-order valence-corrected chi connectivity index (χ1v) is 7.96. The Bertz CT molecular complexity index is 498. The van der Waals surface area contributed by atoms with Crippen molar-refractivity contribution in [2.75, 3.05) is 60.7 Å². The first-order chi connectivity index (χ1) is 11.1. The number of hydrogen-bond acceptors (Lipinski definition) is 6. The van der Waals surface area contributed by atoms with Gasteiger partial charge in [-0.05, 0) is 31.2 Å². The number of hydrogen-bond donors (Lipinski definition) is 2. The molecule has 0 aromatic heterocycles. The van der Waals surface area contributed by atoms with Gasteiger partial charge in [0.25, 0.3) is 0 Å². The lowest BCUT2D eigenvalue weighted by Gasteiger charge is -2.31. The van der Waals surface area contributed by atoms with Crippen LogP contribution in [0, 0.1) is 0 Å². The summed E-state index contributed by atoms with van der Waals surface area (Å²) in [6.07, 6.45) is 0.876. The van der Waals surface area contributed by atoms with Gasteiger partial charge in [0.05, 0.1) is 27.4 Å². The Morgan fingerprint density at radius 1 is 1.24 bits per heavy atom. The summed E-state index contributed by atoms with van der Waals surface area (Å²) in [6, 6.07) is 5.96. The third-order valence-electron chi connectivity index (χ3n) is 4.04. The highest BCUT2D eigenvalue weighted by atomic mass is 35.5. The second-order valence-electron chi connectivity index (χ2n) is 6.13. The minimum Gasteiger partial charge on any atom is -0.493 e. The number of halogens is 2. The number of ether oxygens (including phenoxy) is 3. The molecular weight excluding hydrogens is 367 g/mol. The molecule has 1 atom stereocenters. The monoisotopic (exact) mass is 396 g/mol. The fraction of sp³-hybridized carbons (Fsp3) is 0.647. The molecule has 25 heavy (non-hydrogen) atoms. The summed E-state index contributed by atoms with van der Waals surface area (Å²) in [4.78, 5) is 2.13. The molecule has 2 rings (SSSR count). The van der Waals surface area contributed by atoms with Crippen LogP contribution in [-0.4, -0.2) is 76.3 Å². The van der Waals surface area contributed by atoms with Gasteiger partial charge in [-0.15, -0.1) is 24.8 Å². The van der Waals surface area contributed by atoms with Crippen molar-refractivity contribution in [3.8, 4) is 11.5 Å². The van der Waals surface area contributed by atoms with Crippen LogP contribution in [0.1, 0.15) is 5.56 Å². The molecule has 1 saturated heterocycles. The van der Waals surface area contributed by atoms with Gasteiger partial charge in [0.15, 0.2) is 11.5 Å². The molecule has 1 aliphatic heterocycles. The van der Waals surface area contributed by atoms with E-state index in [4.69, 9.17) is 14.2 Å². The lowest BCUT2D eigenvalue weighted by molar-refractivity contribution is -0.0448. The van der Waals surface area contributed by atoms with Crippen LogP contribution in [0.3, 0.4) is 0 Å². The van der Waals surface area contributed by atoms with E-state index in [2.05, 4.69) is 10.2 Å². The highest BCUT2D eigenvalue weighted by molar-refractivity contribution is 5.85. The number of benzene rings is 1. The Labute approximate surface area is 162 Å². The van der Waals surface area contributed by atoms with E-state index in [1.165, 1.54) is 5.56 Å². The summed E-state index contributed by atoms with van der Waals surface area (Å²) in [5.41, 5.74) is 0.347. The number of nitrogens with one attached hydrogen (secondary N) is 1. The molecule has 0 bridgehead atoms. The number of methoxy groups -OCH3 is 2. The Morgan fingerprint density at radius 2 is 1.96 bits per heavy atom. The van der Waals surface area contributed by atoms with E-state index >= 15 is 0 Å². The van der Waals surface area contributed by atoms with Gasteiger partial charge < -0.3 is 29.5 Å². The summed E-state index contributed by atoms with van der Waals surface area (Å²) in [6.45, 7) is 3.80. The van der Waals surface area contributed by atoms with E-state index in [-0.39, 0.29) is 24.8 Å². The van der Waals surface area contributed by atoms with Crippen molar-refractivity contribution in [3.05, 3.63) is 23.8 Å². The third kappa shape index (κ3) is 7.56. The SMILES string of the molecule is COc1ccc(CCN(C)CC2(O)CNCCOC2)cc1OC.Cl.Cl. The van der Waals surface area contributed by atoms with E-state index in [9.17, 15) is 5.11 Å². The molecule has 0 amide bonds. The van der Waals surface area contributed by atoms with Crippen molar-refractivity contribution in [2.24, 2.45) is 0 Å². The fourth-order valence-electron chi connectivity index (χ4n) is 2.82. The average Bonchev–Trinajstić information content (AvgIpc) is 2.77. The van der Waals surface area contributed by atoms with Gasteiger partial charge in [0.2, 0.25) is 0 Å². The number of β-amino-alcohol motifs (C(OH)–C–C–N with tert-alkyl or cyclic N) is 1. The Hall–Kier alpha value is -0.760. The van der Waals surface area contributed by atoms with Crippen LogP contribution < -0.4 is 14.8 Å². The Balaban J connectivity index is 0.00000288. The summed E-state index contributed by atoms with van der Waals surface area (Å²) in [5.74, 6) is 1.48. The van der Waals surface area contributed by atoms with Gasteiger partial charge in [-0.1, -0.05) is 6.07 Å². The van der Waals surface area contributed by atoms with Crippen LogP contribution in [0.4, 0.5) is 0 Å². The zero-order chi connectivity index (χ0) is 16.7. The van der Waals surface area contributed by atoms with Crippen molar-refractivity contribution in [1.29, 1.82) is 0 Å². The maximum atomic E-state index is 10.6. The summed E-state index contributed by atoms with van der Waals surface area (Å²) in [5, 5.41) is 13.8. The molecule has 1 aromatic carbocycles. The van der Waals surface area contributed by atoms with Crippen LogP contribution >= 0.6 is 24.8 Å². The molecule has 0 aliphatic carbocycles. The molecular formula is C17H30Cl2N2O4. The van der Waals surface area contributed by atoms with Crippen molar-refractivity contribution < 1.29 is 19.3 Å². The van der Waals surface area contributed by atoms with E-state index in [0.717, 1.165) is 31.0 Å². The van der Waals surface area contributed by atoms with Gasteiger partial charge in [0, 0.05) is 26.2 Å². The molecule has 8 heteroatoms. The number of likely N-dealkylation sites (N-methyl/N-ethyl adjacent to an activating group) is 1. The molecule has 0 radical (unpaired) electrons. The average molecular weight is 397 g/mol. The van der Waals surface area contributed by atoms with Crippen LogP contribution in [0.5, 0.6) is 11.5 Å². The second-order valence-corrected chi connectivity index (χ2v) is 6.13. The molecule has 1 aromatic rings. The zero-order valence-corrected chi connectivity index (χ0v) is 16.8. The largest absolute Gasteiger partial charge is 0.493 e. The van der Waals surface area contributed by atoms with Crippen LogP contribution in [0.15, 0.2) is 18.2 Å². The zero-order valence-electron chi connectivity index (χ0n) is 15.1. The molecule has 2 N–H and O–H groups in total. The van der Waals surface area contributed by atoms with Gasteiger partial charge >= 0.3 is 0 Å². The van der Waals surface area contributed by atoms with Gasteiger partial charge in [-0.3, -0.25) is 0 Å². The summed E-state index contributed by atoms with van der Waals surface area (Å²) >= 11 is 0. The lowest BCUT2D eigenvalue weighted by Crippen LogP contribution is -2.50. The van der Waals surface area contributed by atoms with Crippen molar-refractivity contribution in [2.45, 2.75) is 12.0 Å². The first-order valence-electron chi connectivity index (χ1n) is 7.96. The summed E-state index contributed by atoms with van der Waals surface area (Å²) in [7, 11) is 5.29. The highest BCUT2D eigenvalue weighted by Gasteiger charge is 2.30. The maximum Gasteiger partial charge on any atom is 0.160 e. The lowest BCUT2D eigenvalue weighted by atomic mass is 10.0. The van der Waals surface area contributed by atoms with Crippen molar-refractivity contribution >= 4 is 24.8 Å². The molecule has 1 aliphatic rings. The van der Waals surface area contributed by atoms with Gasteiger partial charge in [-0.25, -0.2) is 0 Å². The fourth-order valence-corrected chi connectivity index (χ4v) is 2.82. The first kappa shape index (κ1) is 24.2. The molecule has 0 saturated carbocycles. The second kappa shape index (κ2) is 11.8. The Morgan fingerprint density at radius 3 is 2.64 bits per heavy atom. The predicted molar refractivity (Wildman–Crippen MR) is 104 cm³/mol. The molecule has 1 fully saturated rings. The molecule has 0 spiro atoms. The summed E-state index contributed by atoms with van der Waals surface area (Å²) < 4.78 is 16.0. The van der Waals surface area contributed by atoms with Gasteiger partial charge in [0.1, 0.15) is 5.60 Å². The maximum absolute atomic E-state index is 10.6. The van der Waals surface area contributed by atoms with E-state index < -0.39 is 5.60 Å². The predicted octanol–water partition coefficient (Wildman–Crippen LogP) is 1.37. The standard InChI is InChI=1S/C17H28N2O4.2ClH/c1-19(12-17(20)11-18-7-9-23-13-17)8-6-14-4-5-15(21-2)16(10-14)22-3;;/h4-5,10,18,20H,6-9,11-13H2,1-3H3;2*1H. The smallest absolute Gasteiger partial charge is 0.160 e. The van der Waals surface area contributed by atoms with Crippen LogP contribution in [0.25, 0.3) is 0 Å². The van der Waals surface area contributed by atoms with Crippen LogP contribution in [0.2, 0.25) is 0 Å². The Kier molecular flexibility index (Phi) is 11.4. The van der Waals surface area contributed by atoms with E-state index in [0.29, 0.717) is 26.3 Å². The normalized spacial score (nSPS) is 20.2. The van der Waals surface area contributed by atoms with Gasteiger partial charge in [-0.2, -0.15) is 0 Å². The quantitative estimate of drug-likeness (QED) is 0.725.